The third-order valence-corrected chi connectivity index (χ3v) is 5.96. The summed E-state index contributed by atoms with van der Waals surface area (Å²) in [5, 5.41) is 7.32. The smallest absolute Gasteiger partial charge is 0.101 e. The molecule has 1 aliphatic carbocycles. The van der Waals surface area contributed by atoms with Crippen molar-refractivity contribution in [3.8, 4) is 6.07 Å². The van der Waals surface area contributed by atoms with Crippen LogP contribution in [0.25, 0.3) is 0 Å². The van der Waals surface area contributed by atoms with E-state index in [2.05, 4.69) is 73.5 Å². The van der Waals surface area contributed by atoms with Gasteiger partial charge in [0.25, 0.3) is 0 Å². The molecular formula is C26H35FN2. The van der Waals surface area contributed by atoms with Crippen LogP contribution in [0.1, 0.15) is 68.6 Å². The first kappa shape index (κ1) is 23.1. The van der Waals surface area contributed by atoms with Crippen molar-refractivity contribution in [3.05, 3.63) is 71.3 Å². The van der Waals surface area contributed by atoms with Gasteiger partial charge in [-0.05, 0) is 68.2 Å². The summed E-state index contributed by atoms with van der Waals surface area (Å²) in [7, 11) is 2.23. The van der Waals surface area contributed by atoms with Crippen LogP contribution in [0.4, 0.5) is 4.39 Å². The summed E-state index contributed by atoms with van der Waals surface area (Å²) in [4.78, 5) is 2.48. The van der Waals surface area contributed by atoms with Gasteiger partial charge in [-0.1, -0.05) is 61.5 Å². The molecule has 2 aromatic carbocycles. The highest BCUT2D eigenvalue weighted by molar-refractivity contribution is 5.26. The second-order valence-electron chi connectivity index (χ2n) is 8.07. The number of aryl methyl sites for hydroxylation is 1. The topological polar surface area (TPSA) is 27.0 Å². The van der Waals surface area contributed by atoms with Crippen LogP contribution in [-0.2, 0) is 13.0 Å². The highest BCUT2D eigenvalue weighted by Crippen LogP contribution is 2.36. The fourth-order valence-electron chi connectivity index (χ4n) is 4.26. The third kappa shape index (κ3) is 7.63. The van der Waals surface area contributed by atoms with Gasteiger partial charge < -0.3 is 0 Å². The molecule has 0 aliphatic heterocycles. The van der Waals surface area contributed by atoms with Gasteiger partial charge in [0, 0.05) is 19.5 Å². The Kier molecular flexibility index (Phi) is 9.88. The van der Waals surface area contributed by atoms with E-state index in [1.165, 1.54) is 36.5 Å². The summed E-state index contributed by atoms with van der Waals surface area (Å²) in [6.07, 6.45) is 5.30. The van der Waals surface area contributed by atoms with E-state index in [4.69, 9.17) is 5.26 Å². The Morgan fingerprint density at radius 2 is 1.72 bits per heavy atom. The van der Waals surface area contributed by atoms with E-state index in [1.54, 1.807) is 6.07 Å². The van der Waals surface area contributed by atoms with Gasteiger partial charge in [-0.25, -0.2) is 4.39 Å². The largest absolute Gasteiger partial charge is 0.299 e. The molecule has 0 saturated heterocycles. The van der Waals surface area contributed by atoms with Crippen molar-refractivity contribution < 1.29 is 4.39 Å². The Labute approximate surface area is 176 Å². The number of benzene rings is 2. The highest BCUT2D eigenvalue weighted by Gasteiger charge is 2.25. The lowest BCUT2D eigenvalue weighted by Gasteiger charge is -2.27. The van der Waals surface area contributed by atoms with E-state index >= 15 is 0 Å². The first-order chi connectivity index (χ1) is 14.1. The van der Waals surface area contributed by atoms with Crippen molar-refractivity contribution in [2.45, 2.75) is 77.0 Å². The van der Waals surface area contributed by atoms with Crippen molar-refractivity contribution in [3.63, 3.8) is 0 Å². The predicted octanol–water partition coefficient (Wildman–Crippen LogP) is 6.67. The number of nitriles is 1. The fourth-order valence-corrected chi connectivity index (χ4v) is 4.26. The van der Waals surface area contributed by atoms with Gasteiger partial charge >= 0.3 is 0 Å². The van der Waals surface area contributed by atoms with Crippen LogP contribution >= 0.6 is 0 Å². The van der Waals surface area contributed by atoms with E-state index in [0.29, 0.717) is 18.4 Å². The van der Waals surface area contributed by atoms with Crippen LogP contribution in [0.5, 0.6) is 0 Å². The van der Waals surface area contributed by atoms with E-state index in [0.717, 1.165) is 25.8 Å². The fraction of sp³-hybridized carbons (Fsp3) is 0.500. The summed E-state index contributed by atoms with van der Waals surface area (Å²) < 4.78 is 13.4. The lowest BCUT2D eigenvalue weighted by atomic mass is 9.95. The van der Waals surface area contributed by atoms with E-state index in [9.17, 15) is 4.39 Å². The van der Waals surface area contributed by atoms with Gasteiger partial charge in [0.1, 0.15) is 6.17 Å². The summed E-state index contributed by atoms with van der Waals surface area (Å²) in [6.45, 7) is 4.72. The van der Waals surface area contributed by atoms with Gasteiger partial charge in [0.05, 0.1) is 6.07 Å². The number of nitrogens with zero attached hydrogens (tertiary/aromatic N) is 2. The van der Waals surface area contributed by atoms with Crippen LogP contribution in [0.3, 0.4) is 0 Å². The molecule has 1 aliphatic rings. The quantitative estimate of drug-likeness (QED) is 0.500. The normalized spacial score (nSPS) is 19.3. The third-order valence-electron chi connectivity index (χ3n) is 5.96. The molecule has 2 nitrogen and oxygen atoms in total. The Balaban J connectivity index is 0.000000941. The molecule has 1 fully saturated rings. The minimum Gasteiger partial charge on any atom is -0.299 e. The summed E-state index contributed by atoms with van der Waals surface area (Å²) >= 11 is 0. The predicted molar refractivity (Wildman–Crippen MR) is 120 cm³/mol. The molecular weight excluding hydrogens is 359 g/mol. The number of halogens is 1. The van der Waals surface area contributed by atoms with E-state index < -0.39 is 6.17 Å². The molecule has 1 saturated carbocycles. The minimum atomic E-state index is -0.592. The number of alkyl halides is 1. The van der Waals surface area contributed by atoms with E-state index in [1.807, 2.05) is 0 Å². The number of hydrogen-bond donors (Lipinski definition) is 0. The van der Waals surface area contributed by atoms with Gasteiger partial charge in [0.2, 0.25) is 0 Å². The average Bonchev–Trinajstić information content (AvgIpc) is 3.16. The van der Waals surface area contributed by atoms with Crippen LogP contribution in [0, 0.1) is 11.3 Å². The Morgan fingerprint density at radius 1 is 1.07 bits per heavy atom. The van der Waals surface area contributed by atoms with Gasteiger partial charge in [0.15, 0.2) is 0 Å². The lowest BCUT2D eigenvalue weighted by molar-refractivity contribution is 0.216. The Morgan fingerprint density at radius 3 is 2.28 bits per heavy atom. The lowest BCUT2D eigenvalue weighted by Crippen LogP contribution is -2.31. The highest BCUT2D eigenvalue weighted by atomic mass is 19.1. The summed E-state index contributed by atoms with van der Waals surface area (Å²) in [5.74, 6) is 0.430. The van der Waals surface area contributed by atoms with Crippen molar-refractivity contribution in [2.24, 2.45) is 0 Å². The molecule has 0 radical (unpaired) electrons. The molecule has 2 aromatic rings. The average molecular weight is 395 g/mol. The van der Waals surface area contributed by atoms with E-state index in [-0.39, 0.29) is 0 Å². The standard InChI is InChI=1S/C24H32FN.C2H3N/c1-3-24(26(2)18-20-7-5-4-6-8-20)16-11-19-9-12-21(13-10-19)22-14-15-23(25)17-22;1-2-3/h4-10,12-13,22-24H,3,11,14-18H2,1-2H3;1H3. The molecule has 3 heteroatoms. The molecule has 3 atom stereocenters. The number of hydrogen-bond acceptors (Lipinski definition) is 2. The minimum absolute atomic E-state index is 0.430. The van der Waals surface area contributed by atoms with Crippen molar-refractivity contribution in [1.29, 1.82) is 5.26 Å². The zero-order valence-electron chi connectivity index (χ0n) is 18.2. The van der Waals surface area contributed by atoms with Crippen molar-refractivity contribution >= 4 is 0 Å². The Bertz CT molecular complexity index is 736. The first-order valence-corrected chi connectivity index (χ1v) is 10.8. The van der Waals surface area contributed by atoms with Gasteiger partial charge in [-0.15, -0.1) is 0 Å². The molecule has 156 valence electrons. The SMILES string of the molecule is CC#N.CCC(CCc1ccc(C2CCC(F)C2)cc1)N(C)Cc1ccccc1. The van der Waals surface area contributed by atoms with Crippen molar-refractivity contribution in [1.82, 2.24) is 4.90 Å². The summed E-state index contributed by atoms with van der Waals surface area (Å²) in [5.41, 5.74) is 4.10. The number of rotatable bonds is 8. The van der Waals surface area contributed by atoms with Crippen molar-refractivity contribution in [2.75, 3.05) is 7.05 Å². The Hall–Kier alpha value is -2.18. The molecule has 0 bridgehead atoms. The molecule has 0 spiro atoms. The maximum absolute atomic E-state index is 13.4. The van der Waals surface area contributed by atoms with Crippen LogP contribution in [-0.4, -0.2) is 24.2 Å². The van der Waals surface area contributed by atoms with Gasteiger partial charge in [-0.2, -0.15) is 5.26 Å². The maximum atomic E-state index is 13.4. The molecule has 29 heavy (non-hydrogen) atoms. The molecule has 3 rings (SSSR count). The molecule has 0 heterocycles. The molecule has 0 amide bonds. The second kappa shape index (κ2) is 12.4. The van der Waals surface area contributed by atoms with Crippen LogP contribution < -0.4 is 0 Å². The maximum Gasteiger partial charge on any atom is 0.101 e. The second-order valence-corrected chi connectivity index (χ2v) is 8.07. The molecule has 3 unspecified atom stereocenters. The first-order valence-electron chi connectivity index (χ1n) is 10.8. The monoisotopic (exact) mass is 394 g/mol. The molecule has 0 aromatic heterocycles. The van der Waals surface area contributed by atoms with Crippen LogP contribution in [0.15, 0.2) is 54.6 Å². The van der Waals surface area contributed by atoms with Gasteiger partial charge in [-0.3, -0.25) is 4.90 Å². The summed E-state index contributed by atoms with van der Waals surface area (Å²) in [6, 6.07) is 22.0. The zero-order chi connectivity index (χ0) is 21.1. The zero-order valence-corrected chi connectivity index (χ0v) is 18.2. The van der Waals surface area contributed by atoms with Crippen LogP contribution in [0.2, 0.25) is 0 Å². The molecule has 0 N–H and O–H groups in total.